The van der Waals surface area contributed by atoms with Gasteiger partial charge in [0.2, 0.25) is 5.91 Å². The molecule has 23 heavy (non-hydrogen) atoms. The molecule has 5 heteroatoms. The first-order valence-electron chi connectivity index (χ1n) is 8.55. The summed E-state index contributed by atoms with van der Waals surface area (Å²) >= 11 is 0. The van der Waals surface area contributed by atoms with Crippen LogP contribution in [-0.2, 0) is 16.0 Å². The molecule has 0 radical (unpaired) electrons. The zero-order chi connectivity index (χ0) is 16.1. The summed E-state index contributed by atoms with van der Waals surface area (Å²) < 4.78 is 5.29. The van der Waals surface area contributed by atoms with Crippen LogP contribution in [-0.4, -0.2) is 61.4 Å². The van der Waals surface area contributed by atoms with Crippen molar-refractivity contribution < 1.29 is 14.6 Å². The van der Waals surface area contributed by atoms with E-state index < -0.39 is 6.10 Å². The van der Waals surface area contributed by atoms with Gasteiger partial charge in [0.25, 0.3) is 0 Å². The number of nitrogens with zero attached hydrogens (tertiary/aromatic N) is 1. The van der Waals surface area contributed by atoms with Gasteiger partial charge in [0, 0.05) is 32.6 Å². The number of ether oxygens (including phenoxy) is 1. The monoisotopic (exact) mass is 318 g/mol. The van der Waals surface area contributed by atoms with Crippen molar-refractivity contribution >= 4 is 5.91 Å². The van der Waals surface area contributed by atoms with Crippen LogP contribution >= 0.6 is 0 Å². The average Bonchev–Trinajstić information content (AvgIpc) is 2.97. The largest absolute Gasteiger partial charge is 0.390 e. The lowest BCUT2D eigenvalue weighted by atomic mass is 9.97. The van der Waals surface area contributed by atoms with Gasteiger partial charge in [0.05, 0.1) is 19.3 Å². The van der Waals surface area contributed by atoms with Crippen LogP contribution in [0.1, 0.15) is 29.9 Å². The SMILES string of the molecule is O=C(CC1CCc2ccccc21)NCC(O)CN1CCOCC1. The molecule has 2 N–H and O–H groups in total. The van der Waals surface area contributed by atoms with Crippen molar-refractivity contribution in [2.45, 2.75) is 31.3 Å². The van der Waals surface area contributed by atoms with E-state index in [0.29, 0.717) is 25.4 Å². The number of carbonyl (C=O) groups excluding carboxylic acids is 1. The number of fused-ring (bicyclic) bond motifs is 1. The number of aliphatic hydroxyl groups is 1. The van der Waals surface area contributed by atoms with E-state index in [1.54, 1.807) is 0 Å². The normalized spacial score (nSPS) is 22.6. The summed E-state index contributed by atoms with van der Waals surface area (Å²) in [6.07, 6.45) is 2.10. The molecular weight excluding hydrogens is 292 g/mol. The van der Waals surface area contributed by atoms with Crippen LogP contribution in [0.3, 0.4) is 0 Å². The lowest BCUT2D eigenvalue weighted by molar-refractivity contribution is -0.122. The Bertz CT molecular complexity index is 529. The Balaban J connectivity index is 1.40. The maximum atomic E-state index is 12.1. The molecule has 1 amide bonds. The topological polar surface area (TPSA) is 61.8 Å². The lowest BCUT2D eigenvalue weighted by Crippen LogP contribution is -2.44. The van der Waals surface area contributed by atoms with E-state index in [-0.39, 0.29) is 5.91 Å². The van der Waals surface area contributed by atoms with E-state index in [4.69, 9.17) is 4.74 Å². The molecule has 2 atom stereocenters. The molecule has 2 unspecified atom stereocenters. The first kappa shape index (κ1) is 16.4. The van der Waals surface area contributed by atoms with E-state index in [1.807, 2.05) is 6.07 Å². The summed E-state index contributed by atoms with van der Waals surface area (Å²) in [5.41, 5.74) is 2.69. The van der Waals surface area contributed by atoms with E-state index in [9.17, 15) is 9.90 Å². The highest BCUT2D eigenvalue weighted by atomic mass is 16.5. The number of amides is 1. The fourth-order valence-corrected chi connectivity index (χ4v) is 3.53. The van der Waals surface area contributed by atoms with Gasteiger partial charge < -0.3 is 15.2 Å². The summed E-state index contributed by atoms with van der Waals surface area (Å²) in [6.45, 7) is 4.06. The van der Waals surface area contributed by atoms with Crippen LogP contribution in [0.25, 0.3) is 0 Å². The van der Waals surface area contributed by atoms with Gasteiger partial charge in [-0.15, -0.1) is 0 Å². The van der Waals surface area contributed by atoms with Crippen LogP contribution in [0.2, 0.25) is 0 Å². The Hall–Kier alpha value is -1.43. The third-order valence-electron chi connectivity index (χ3n) is 4.80. The number of nitrogens with one attached hydrogen (secondary N) is 1. The van der Waals surface area contributed by atoms with Gasteiger partial charge in [-0.1, -0.05) is 24.3 Å². The lowest BCUT2D eigenvalue weighted by Gasteiger charge is -2.28. The summed E-state index contributed by atoms with van der Waals surface area (Å²) in [6, 6.07) is 8.39. The van der Waals surface area contributed by atoms with Crippen molar-refractivity contribution in [3.63, 3.8) is 0 Å². The summed E-state index contributed by atoms with van der Waals surface area (Å²) in [5, 5.41) is 13.0. The minimum absolute atomic E-state index is 0.0349. The van der Waals surface area contributed by atoms with Crippen molar-refractivity contribution in [2.75, 3.05) is 39.4 Å². The minimum atomic E-state index is -0.520. The van der Waals surface area contributed by atoms with Crippen molar-refractivity contribution in [1.82, 2.24) is 10.2 Å². The van der Waals surface area contributed by atoms with E-state index in [0.717, 1.165) is 39.1 Å². The quantitative estimate of drug-likeness (QED) is 0.819. The van der Waals surface area contributed by atoms with Crippen molar-refractivity contribution in [1.29, 1.82) is 0 Å². The van der Waals surface area contributed by atoms with E-state index >= 15 is 0 Å². The molecule has 1 fully saturated rings. The van der Waals surface area contributed by atoms with Crippen molar-refractivity contribution in [3.8, 4) is 0 Å². The number of morpholine rings is 1. The summed E-state index contributed by atoms with van der Waals surface area (Å²) in [5.74, 6) is 0.357. The first-order valence-corrected chi connectivity index (χ1v) is 8.55. The second-order valence-corrected chi connectivity index (χ2v) is 6.51. The predicted octanol–water partition coefficient (Wildman–Crippen LogP) is 0.916. The maximum Gasteiger partial charge on any atom is 0.220 e. The molecule has 0 saturated carbocycles. The zero-order valence-corrected chi connectivity index (χ0v) is 13.5. The zero-order valence-electron chi connectivity index (χ0n) is 13.5. The number of β-amino-alcohol motifs (C(OH)–C–C–N with tert-alkyl or cyclic N) is 1. The molecule has 3 rings (SSSR count). The van der Waals surface area contributed by atoms with Gasteiger partial charge >= 0.3 is 0 Å². The molecule has 1 aliphatic heterocycles. The highest BCUT2D eigenvalue weighted by Crippen LogP contribution is 2.34. The number of aryl methyl sites for hydroxylation is 1. The molecule has 0 spiro atoms. The Morgan fingerprint density at radius 3 is 2.96 bits per heavy atom. The van der Waals surface area contributed by atoms with Gasteiger partial charge in [-0.25, -0.2) is 0 Å². The molecule has 1 aromatic carbocycles. The highest BCUT2D eigenvalue weighted by Gasteiger charge is 2.24. The fraction of sp³-hybridized carbons (Fsp3) is 0.611. The standard InChI is InChI=1S/C18H26N2O3/c21-16(13-20-7-9-23-10-8-20)12-19-18(22)11-15-6-5-14-3-1-2-4-17(14)15/h1-4,15-16,21H,5-13H2,(H,19,22). The van der Waals surface area contributed by atoms with Crippen LogP contribution in [0.4, 0.5) is 0 Å². The number of aliphatic hydroxyl groups excluding tert-OH is 1. The third kappa shape index (κ3) is 4.53. The van der Waals surface area contributed by atoms with Crippen molar-refractivity contribution in [2.24, 2.45) is 0 Å². The summed E-state index contributed by atoms with van der Waals surface area (Å²) in [4.78, 5) is 14.3. The molecule has 1 aliphatic carbocycles. The Kier molecular flexibility index (Phi) is 5.65. The number of carbonyl (C=O) groups is 1. The molecular formula is C18H26N2O3. The molecule has 1 saturated heterocycles. The molecule has 0 aromatic heterocycles. The number of benzene rings is 1. The van der Waals surface area contributed by atoms with Gasteiger partial charge in [-0.3, -0.25) is 9.69 Å². The van der Waals surface area contributed by atoms with Crippen LogP contribution in [0.15, 0.2) is 24.3 Å². The molecule has 2 aliphatic rings. The Morgan fingerprint density at radius 2 is 2.13 bits per heavy atom. The third-order valence-corrected chi connectivity index (χ3v) is 4.80. The predicted molar refractivity (Wildman–Crippen MR) is 88.4 cm³/mol. The second-order valence-electron chi connectivity index (χ2n) is 6.51. The van der Waals surface area contributed by atoms with Crippen LogP contribution in [0.5, 0.6) is 0 Å². The number of hydrogen-bond acceptors (Lipinski definition) is 4. The highest BCUT2D eigenvalue weighted by molar-refractivity contribution is 5.77. The number of hydrogen-bond donors (Lipinski definition) is 2. The van der Waals surface area contributed by atoms with Gasteiger partial charge in [0.15, 0.2) is 0 Å². The maximum absolute atomic E-state index is 12.1. The van der Waals surface area contributed by atoms with E-state index in [1.165, 1.54) is 11.1 Å². The molecule has 5 nitrogen and oxygen atoms in total. The average molecular weight is 318 g/mol. The molecule has 1 aromatic rings. The second kappa shape index (κ2) is 7.90. The Morgan fingerprint density at radius 1 is 1.35 bits per heavy atom. The van der Waals surface area contributed by atoms with Gasteiger partial charge in [-0.2, -0.15) is 0 Å². The van der Waals surface area contributed by atoms with Crippen LogP contribution < -0.4 is 5.32 Å². The molecule has 1 heterocycles. The summed E-state index contributed by atoms with van der Waals surface area (Å²) in [7, 11) is 0. The Labute approximate surface area is 137 Å². The molecule has 0 bridgehead atoms. The first-order chi connectivity index (χ1) is 11.2. The number of rotatable bonds is 6. The van der Waals surface area contributed by atoms with Gasteiger partial charge in [-0.05, 0) is 29.9 Å². The fourth-order valence-electron chi connectivity index (χ4n) is 3.53. The van der Waals surface area contributed by atoms with Gasteiger partial charge in [0.1, 0.15) is 0 Å². The van der Waals surface area contributed by atoms with Crippen molar-refractivity contribution in [3.05, 3.63) is 35.4 Å². The van der Waals surface area contributed by atoms with Crippen LogP contribution in [0, 0.1) is 0 Å². The minimum Gasteiger partial charge on any atom is -0.390 e. The molecule has 126 valence electrons. The van der Waals surface area contributed by atoms with E-state index in [2.05, 4.69) is 28.4 Å². The smallest absolute Gasteiger partial charge is 0.220 e.